The average Bonchev–Trinajstić information content (AvgIpc) is 3.09. The average molecular weight is 360 g/mol. The van der Waals surface area contributed by atoms with Gasteiger partial charge in [0, 0.05) is 25.5 Å². The van der Waals surface area contributed by atoms with Crippen LogP contribution in [0.4, 0.5) is 0 Å². The van der Waals surface area contributed by atoms with Crippen LogP contribution < -0.4 is 4.72 Å². The molecule has 0 saturated carbocycles. The van der Waals surface area contributed by atoms with Gasteiger partial charge in [0.2, 0.25) is 10.0 Å². The Bertz CT molecular complexity index is 753. The van der Waals surface area contributed by atoms with E-state index in [1.54, 1.807) is 34.9 Å². The maximum atomic E-state index is 12.4. The van der Waals surface area contributed by atoms with Crippen LogP contribution in [-0.2, 0) is 16.6 Å². The summed E-state index contributed by atoms with van der Waals surface area (Å²) in [7, 11) is -3.55. The quantitative estimate of drug-likeness (QED) is 0.784. The molecule has 0 amide bonds. The van der Waals surface area contributed by atoms with Crippen LogP contribution in [0.15, 0.2) is 23.5 Å². The van der Waals surface area contributed by atoms with E-state index in [9.17, 15) is 8.42 Å². The number of sulfonamides is 1. The number of halogens is 1. The molecular formula is C14H22ClN5O2S. The molecule has 0 aromatic carbocycles. The van der Waals surface area contributed by atoms with Crippen molar-refractivity contribution in [2.75, 3.05) is 6.54 Å². The molecule has 0 radical (unpaired) electrons. The first-order chi connectivity index (χ1) is 10.9. The molecule has 0 fully saturated rings. The van der Waals surface area contributed by atoms with Gasteiger partial charge in [0.05, 0.1) is 23.0 Å². The van der Waals surface area contributed by atoms with Crippen molar-refractivity contribution in [1.29, 1.82) is 0 Å². The van der Waals surface area contributed by atoms with E-state index < -0.39 is 10.0 Å². The summed E-state index contributed by atoms with van der Waals surface area (Å²) in [6, 6.07) is 0.102. The molecular weight excluding hydrogens is 338 g/mol. The molecule has 7 nitrogen and oxygen atoms in total. The number of nitrogens with one attached hydrogen (secondary N) is 1. The smallest absolute Gasteiger partial charge is 0.243 e. The monoisotopic (exact) mass is 359 g/mol. The standard InChI is InChI=1S/C14H22ClN5O2S/c1-4-13(20-9-12(15)8-16-20)6-7-17-23(21,22)14-10-19(5-2)18-11(14)3/h8-10,13,17H,4-7H2,1-3H3. The van der Waals surface area contributed by atoms with Crippen molar-refractivity contribution in [2.24, 2.45) is 0 Å². The molecule has 0 spiro atoms. The Labute approximate surface area is 141 Å². The van der Waals surface area contributed by atoms with Gasteiger partial charge in [-0.15, -0.1) is 0 Å². The molecule has 0 saturated heterocycles. The topological polar surface area (TPSA) is 81.8 Å². The van der Waals surface area contributed by atoms with Crippen LogP contribution in [0.2, 0.25) is 5.02 Å². The maximum absolute atomic E-state index is 12.4. The lowest BCUT2D eigenvalue weighted by atomic mass is 10.1. The van der Waals surface area contributed by atoms with Gasteiger partial charge in [-0.25, -0.2) is 13.1 Å². The lowest BCUT2D eigenvalue weighted by Crippen LogP contribution is -2.27. The van der Waals surface area contributed by atoms with Crippen LogP contribution in [0.1, 0.15) is 38.4 Å². The highest BCUT2D eigenvalue weighted by Gasteiger charge is 2.20. The molecule has 2 aromatic heterocycles. The van der Waals surface area contributed by atoms with Gasteiger partial charge in [0.15, 0.2) is 0 Å². The highest BCUT2D eigenvalue weighted by molar-refractivity contribution is 7.89. The maximum Gasteiger partial charge on any atom is 0.243 e. The normalized spacial score (nSPS) is 13.4. The second-order valence-electron chi connectivity index (χ2n) is 5.32. The largest absolute Gasteiger partial charge is 0.271 e. The van der Waals surface area contributed by atoms with Gasteiger partial charge in [0.1, 0.15) is 4.90 Å². The highest BCUT2D eigenvalue weighted by atomic mass is 35.5. The Balaban J connectivity index is 2.00. The van der Waals surface area contributed by atoms with Crippen LogP contribution in [0.5, 0.6) is 0 Å². The van der Waals surface area contributed by atoms with Gasteiger partial charge in [-0.05, 0) is 26.7 Å². The van der Waals surface area contributed by atoms with Crippen molar-refractivity contribution in [3.8, 4) is 0 Å². The summed E-state index contributed by atoms with van der Waals surface area (Å²) in [5, 5.41) is 8.93. The third kappa shape index (κ3) is 4.33. The number of aromatic nitrogens is 4. The van der Waals surface area contributed by atoms with Crippen molar-refractivity contribution in [3.63, 3.8) is 0 Å². The Hall–Kier alpha value is -1.38. The van der Waals surface area contributed by atoms with Crippen LogP contribution >= 0.6 is 11.6 Å². The summed E-state index contributed by atoms with van der Waals surface area (Å²) in [4.78, 5) is 0.231. The van der Waals surface area contributed by atoms with E-state index in [1.807, 2.05) is 13.8 Å². The summed E-state index contributed by atoms with van der Waals surface area (Å²) in [5.74, 6) is 0. The number of hydrogen-bond donors (Lipinski definition) is 1. The minimum atomic E-state index is -3.55. The van der Waals surface area contributed by atoms with Gasteiger partial charge < -0.3 is 0 Å². The van der Waals surface area contributed by atoms with E-state index in [1.165, 1.54) is 0 Å². The summed E-state index contributed by atoms with van der Waals surface area (Å²) in [5.41, 5.74) is 0.505. The first kappa shape index (κ1) is 18.0. The van der Waals surface area contributed by atoms with E-state index in [4.69, 9.17) is 11.6 Å². The molecule has 2 rings (SSSR count). The number of aryl methyl sites for hydroxylation is 2. The van der Waals surface area contributed by atoms with E-state index >= 15 is 0 Å². The lowest BCUT2D eigenvalue weighted by Gasteiger charge is -2.15. The van der Waals surface area contributed by atoms with Gasteiger partial charge in [-0.1, -0.05) is 18.5 Å². The third-order valence-electron chi connectivity index (χ3n) is 3.70. The van der Waals surface area contributed by atoms with Gasteiger partial charge in [-0.2, -0.15) is 10.2 Å². The molecule has 23 heavy (non-hydrogen) atoms. The van der Waals surface area contributed by atoms with Gasteiger partial charge in [0.25, 0.3) is 0 Å². The lowest BCUT2D eigenvalue weighted by molar-refractivity contribution is 0.412. The van der Waals surface area contributed by atoms with Crippen LogP contribution in [0.25, 0.3) is 0 Å². The Morgan fingerprint density at radius 2 is 2.09 bits per heavy atom. The van der Waals surface area contributed by atoms with Gasteiger partial charge in [-0.3, -0.25) is 9.36 Å². The van der Waals surface area contributed by atoms with Crippen LogP contribution in [0, 0.1) is 6.92 Å². The molecule has 2 heterocycles. The Morgan fingerprint density at radius 1 is 1.35 bits per heavy atom. The summed E-state index contributed by atoms with van der Waals surface area (Å²) in [6.07, 6.45) is 6.36. The summed E-state index contributed by atoms with van der Waals surface area (Å²) < 4.78 is 30.8. The minimum absolute atomic E-state index is 0.102. The summed E-state index contributed by atoms with van der Waals surface area (Å²) in [6.45, 7) is 6.60. The predicted molar refractivity (Wildman–Crippen MR) is 89.0 cm³/mol. The fourth-order valence-electron chi connectivity index (χ4n) is 2.40. The van der Waals surface area contributed by atoms with E-state index in [0.29, 0.717) is 30.2 Å². The molecule has 1 N–H and O–H groups in total. The molecule has 128 valence electrons. The fourth-order valence-corrected chi connectivity index (χ4v) is 3.78. The van der Waals surface area contributed by atoms with Crippen LogP contribution in [0.3, 0.4) is 0 Å². The van der Waals surface area contributed by atoms with Crippen molar-refractivity contribution in [2.45, 2.75) is 51.1 Å². The van der Waals surface area contributed by atoms with Crippen molar-refractivity contribution >= 4 is 21.6 Å². The molecule has 0 aliphatic heterocycles. The first-order valence-electron chi connectivity index (χ1n) is 7.60. The minimum Gasteiger partial charge on any atom is -0.271 e. The SMILES string of the molecule is CCC(CCNS(=O)(=O)c1cn(CC)nc1C)n1cc(Cl)cn1. The molecule has 1 unspecified atom stereocenters. The van der Waals surface area contributed by atoms with Gasteiger partial charge >= 0.3 is 0 Å². The Morgan fingerprint density at radius 3 is 2.61 bits per heavy atom. The van der Waals surface area contributed by atoms with Crippen molar-refractivity contribution < 1.29 is 8.42 Å². The fraction of sp³-hybridized carbons (Fsp3) is 0.571. The zero-order valence-electron chi connectivity index (χ0n) is 13.5. The van der Waals surface area contributed by atoms with E-state index in [-0.39, 0.29) is 10.9 Å². The second-order valence-corrected chi connectivity index (χ2v) is 7.49. The molecule has 0 aliphatic rings. The zero-order valence-corrected chi connectivity index (χ0v) is 15.1. The van der Waals surface area contributed by atoms with Crippen molar-refractivity contribution in [3.05, 3.63) is 29.3 Å². The number of hydrogen-bond acceptors (Lipinski definition) is 4. The zero-order chi connectivity index (χ0) is 17.0. The molecule has 1 atom stereocenters. The van der Waals surface area contributed by atoms with E-state index in [2.05, 4.69) is 14.9 Å². The first-order valence-corrected chi connectivity index (χ1v) is 9.46. The Kier molecular flexibility index (Phi) is 5.83. The molecule has 0 aliphatic carbocycles. The second kappa shape index (κ2) is 7.46. The number of rotatable bonds is 8. The van der Waals surface area contributed by atoms with Crippen LogP contribution in [-0.4, -0.2) is 34.5 Å². The molecule has 0 bridgehead atoms. The predicted octanol–water partition coefficient (Wildman–Crippen LogP) is 2.38. The number of nitrogens with zero attached hydrogens (tertiary/aromatic N) is 4. The summed E-state index contributed by atoms with van der Waals surface area (Å²) >= 11 is 5.88. The molecule has 9 heteroatoms. The highest BCUT2D eigenvalue weighted by Crippen LogP contribution is 2.18. The molecule has 2 aromatic rings. The third-order valence-corrected chi connectivity index (χ3v) is 5.46. The van der Waals surface area contributed by atoms with Crippen molar-refractivity contribution in [1.82, 2.24) is 24.3 Å². The van der Waals surface area contributed by atoms with E-state index in [0.717, 1.165) is 6.42 Å².